The third kappa shape index (κ3) is 5.86. The summed E-state index contributed by atoms with van der Waals surface area (Å²) in [5, 5.41) is 0. The summed E-state index contributed by atoms with van der Waals surface area (Å²) in [7, 11) is 9.31. The zero-order valence-electron chi connectivity index (χ0n) is 16.7. The molecule has 0 spiro atoms. The van der Waals surface area contributed by atoms with Gasteiger partial charge in [-0.2, -0.15) is 0 Å². The van der Waals surface area contributed by atoms with Gasteiger partial charge in [0.1, 0.15) is 11.5 Å². The molecule has 27 heavy (non-hydrogen) atoms. The van der Waals surface area contributed by atoms with Crippen molar-refractivity contribution in [3.8, 4) is 11.5 Å². The number of likely N-dealkylation sites (N-methyl/N-ethyl adjacent to an activating group) is 2. The first-order valence-corrected chi connectivity index (χ1v) is 8.85. The monoisotopic (exact) mass is 368 g/mol. The normalized spacial score (nSPS) is 11.0. The van der Waals surface area contributed by atoms with Crippen molar-refractivity contribution in [3.63, 3.8) is 0 Å². The van der Waals surface area contributed by atoms with Gasteiger partial charge in [0, 0.05) is 25.8 Å². The second-order valence-electron chi connectivity index (χ2n) is 6.58. The van der Waals surface area contributed by atoms with E-state index in [1.807, 2.05) is 18.2 Å². The number of ether oxygens (including phenoxy) is 2. The standard InChI is InChI=1S/C22H28N2O3/c1-23(2)13-14-24(3)18-8-6-7-17(15-18)9-11-21(25)20-16-19(26-4)10-12-22(20)27-5/h6-12,15-16H,13-14H2,1-5H3. The topological polar surface area (TPSA) is 42.0 Å². The first-order chi connectivity index (χ1) is 12.9. The van der Waals surface area contributed by atoms with Crippen molar-refractivity contribution in [3.05, 3.63) is 59.7 Å². The lowest BCUT2D eigenvalue weighted by Gasteiger charge is -2.21. The van der Waals surface area contributed by atoms with Crippen molar-refractivity contribution >= 4 is 17.5 Å². The predicted octanol–water partition coefficient (Wildman–Crippen LogP) is 3.60. The first kappa shape index (κ1) is 20.5. The van der Waals surface area contributed by atoms with Crippen LogP contribution in [0, 0.1) is 0 Å². The molecule has 5 heteroatoms. The van der Waals surface area contributed by atoms with Crippen LogP contribution in [-0.4, -0.2) is 59.1 Å². The van der Waals surface area contributed by atoms with Crippen LogP contribution in [0.3, 0.4) is 0 Å². The van der Waals surface area contributed by atoms with Gasteiger partial charge in [-0.05, 0) is 56.1 Å². The van der Waals surface area contributed by atoms with Gasteiger partial charge in [-0.1, -0.05) is 18.2 Å². The molecule has 0 amide bonds. The van der Waals surface area contributed by atoms with E-state index >= 15 is 0 Å². The largest absolute Gasteiger partial charge is 0.497 e. The maximum atomic E-state index is 12.6. The number of allylic oxidation sites excluding steroid dienone is 1. The fourth-order valence-corrected chi connectivity index (χ4v) is 2.61. The predicted molar refractivity (Wildman–Crippen MR) is 111 cm³/mol. The van der Waals surface area contributed by atoms with Crippen molar-refractivity contribution in [1.29, 1.82) is 0 Å². The molecule has 0 saturated heterocycles. The van der Waals surface area contributed by atoms with Gasteiger partial charge < -0.3 is 19.3 Å². The smallest absolute Gasteiger partial charge is 0.189 e. The number of carbonyl (C=O) groups excluding carboxylic acids is 1. The van der Waals surface area contributed by atoms with Crippen molar-refractivity contribution < 1.29 is 14.3 Å². The number of carbonyl (C=O) groups is 1. The van der Waals surface area contributed by atoms with Crippen LogP contribution in [0.1, 0.15) is 15.9 Å². The lowest BCUT2D eigenvalue weighted by Crippen LogP contribution is -2.28. The molecule has 0 saturated carbocycles. The maximum Gasteiger partial charge on any atom is 0.189 e. The van der Waals surface area contributed by atoms with Gasteiger partial charge in [-0.25, -0.2) is 0 Å². The Hall–Kier alpha value is -2.79. The van der Waals surface area contributed by atoms with Crippen molar-refractivity contribution in [2.45, 2.75) is 0 Å². The molecule has 0 aliphatic carbocycles. The summed E-state index contributed by atoms with van der Waals surface area (Å²) < 4.78 is 10.5. The molecule has 0 unspecified atom stereocenters. The van der Waals surface area contributed by atoms with E-state index in [1.54, 1.807) is 38.5 Å². The third-order valence-corrected chi connectivity index (χ3v) is 4.29. The number of ketones is 1. The molecule has 0 bridgehead atoms. The highest BCUT2D eigenvalue weighted by atomic mass is 16.5. The number of rotatable bonds is 9. The van der Waals surface area contributed by atoms with Gasteiger partial charge in [0.25, 0.3) is 0 Å². The minimum atomic E-state index is -0.128. The van der Waals surface area contributed by atoms with Crippen molar-refractivity contribution in [2.75, 3.05) is 53.4 Å². The first-order valence-electron chi connectivity index (χ1n) is 8.85. The van der Waals surface area contributed by atoms with E-state index in [9.17, 15) is 4.79 Å². The van der Waals surface area contributed by atoms with E-state index < -0.39 is 0 Å². The molecule has 144 valence electrons. The Kier molecular flexibility index (Phi) is 7.44. The van der Waals surface area contributed by atoms with Gasteiger partial charge in [-0.3, -0.25) is 4.79 Å². The molecule has 2 aromatic carbocycles. The van der Waals surface area contributed by atoms with Gasteiger partial charge >= 0.3 is 0 Å². The number of hydrogen-bond donors (Lipinski definition) is 0. The molecule has 0 atom stereocenters. The summed E-state index contributed by atoms with van der Waals surface area (Å²) >= 11 is 0. The highest BCUT2D eigenvalue weighted by Gasteiger charge is 2.11. The summed E-state index contributed by atoms with van der Waals surface area (Å²) in [5.41, 5.74) is 2.57. The summed E-state index contributed by atoms with van der Waals surface area (Å²) in [6.45, 7) is 1.91. The van der Waals surface area contributed by atoms with E-state index in [1.165, 1.54) is 0 Å². The van der Waals surface area contributed by atoms with Crippen LogP contribution in [0.25, 0.3) is 6.08 Å². The van der Waals surface area contributed by atoms with Crippen LogP contribution >= 0.6 is 0 Å². The molecule has 0 aliphatic rings. The summed E-state index contributed by atoms with van der Waals surface area (Å²) in [4.78, 5) is 17.0. The van der Waals surface area contributed by atoms with Gasteiger partial charge in [0.2, 0.25) is 0 Å². The number of hydrogen-bond acceptors (Lipinski definition) is 5. The van der Waals surface area contributed by atoms with E-state index in [4.69, 9.17) is 9.47 Å². The van der Waals surface area contributed by atoms with Crippen LogP contribution in [0.15, 0.2) is 48.5 Å². The Labute approximate surface area is 161 Å². The van der Waals surface area contributed by atoms with Crippen LogP contribution in [-0.2, 0) is 0 Å². The highest BCUT2D eigenvalue weighted by molar-refractivity contribution is 6.08. The van der Waals surface area contributed by atoms with E-state index in [0.717, 1.165) is 24.3 Å². The SMILES string of the molecule is COc1ccc(OC)c(C(=O)C=Cc2cccc(N(C)CCN(C)C)c2)c1. The van der Waals surface area contributed by atoms with Crippen LogP contribution in [0.2, 0.25) is 0 Å². The number of methoxy groups -OCH3 is 2. The van der Waals surface area contributed by atoms with Gasteiger partial charge in [-0.15, -0.1) is 0 Å². The minimum Gasteiger partial charge on any atom is -0.497 e. The molecule has 0 radical (unpaired) electrons. The van der Waals surface area contributed by atoms with Crippen LogP contribution in [0.4, 0.5) is 5.69 Å². The second-order valence-corrected chi connectivity index (χ2v) is 6.58. The number of anilines is 1. The lowest BCUT2D eigenvalue weighted by molar-refractivity contribution is 0.104. The number of nitrogens with zero attached hydrogens (tertiary/aromatic N) is 2. The Balaban J connectivity index is 2.16. The number of benzene rings is 2. The molecule has 5 nitrogen and oxygen atoms in total. The van der Waals surface area contributed by atoms with E-state index in [2.05, 4.69) is 43.1 Å². The second kappa shape index (κ2) is 9.78. The molecule has 0 fully saturated rings. The molecular weight excluding hydrogens is 340 g/mol. The molecule has 0 aliphatic heterocycles. The van der Waals surface area contributed by atoms with Crippen molar-refractivity contribution in [2.24, 2.45) is 0 Å². The molecule has 0 N–H and O–H groups in total. The molecule has 0 aromatic heterocycles. The fraction of sp³-hybridized carbons (Fsp3) is 0.318. The van der Waals surface area contributed by atoms with Crippen LogP contribution in [0.5, 0.6) is 11.5 Å². The van der Waals surface area contributed by atoms with Gasteiger partial charge in [0.15, 0.2) is 5.78 Å². The Morgan fingerprint density at radius 2 is 1.78 bits per heavy atom. The van der Waals surface area contributed by atoms with Crippen LogP contribution < -0.4 is 14.4 Å². The van der Waals surface area contributed by atoms with E-state index in [-0.39, 0.29) is 5.78 Å². The average Bonchev–Trinajstić information content (AvgIpc) is 2.69. The molecule has 2 aromatic rings. The van der Waals surface area contributed by atoms with Crippen molar-refractivity contribution in [1.82, 2.24) is 4.90 Å². The highest BCUT2D eigenvalue weighted by Crippen LogP contribution is 2.25. The summed E-state index contributed by atoms with van der Waals surface area (Å²) in [6.07, 6.45) is 3.39. The Morgan fingerprint density at radius 1 is 1.00 bits per heavy atom. The fourth-order valence-electron chi connectivity index (χ4n) is 2.61. The van der Waals surface area contributed by atoms with E-state index in [0.29, 0.717) is 17.1 Å². The lowest BCUT2D eigenvalue weighted by atomic mass is 10.1. The minimum absolute atomic E-state index is 0.128. The quantitative estimate of drug-likeness (QED) is 0.500. The average molecular weight is 368 g/mol. The molecular formula is C22H28N2O3. The molecule has 0 heterocycles. The maximum absolute atomic E-state index is 12.6. The summed E-state index contributed by atoms with van der Waals surface area (Å²) in [5.74, 6) is 1.02. The third-order valence-electron chi connectivity index (χ3n) is 4.29. The Morgan fingerprint density at radius 3 is 2.44 bits per heavy atom. The summed E-state index contributed by atoms with van der Waals surface area (Å²) in [6, 6.07) is 13.3. The Bertz CT molecular complexity index is 800. The molecule has 2 rings (SSSR count). The van der Waals surface area contributed by atoms with Gasteiger partial charge in [0.05, 0.1) is 19.8 Å². The zero-order chi connectivity index (χ0) is 19.8. The zero-order valence-corrected chi connectivity index (χ0v) is 16.7.